The second-order valence-corrected chi connectivity index (χ2v) is 30.2. The average molecular weight is 1870 g/mol. The third-order valence-corrected chi connectivity index (χ3v) is 19.5. The predicted octanol–water partition coefficient (Wildman–Crippen LogP) is 23.7. The fraction of sp³-hybridized carbons (Fsp3) is 0.0345. The molecule has 24 heteroatoms. The Morgan fingerprint density at radius 2 is 0.371 bits per heavy atom. The molecule has 0 bridgehead atoms. The summed E-state index contributed by atoms with van der Waals surface area (Å²) in [6.45, 7) is 33.9. The molecule has 0 radical (unpaired) electrons. The molecule has 0 amide bonds. The molecule has 140 heavy (non-hydrogen) atoms. The Morgan fingerprint density at radius 3 is 0.636 bits per heavy atom. The van der Waals surface area contributed by atoms with Crippen LogP contribution in [0.3, 0.4) is 0 Å². The van der Waals surface area contributed by atoms with Gasteiger partial charge in [-0.1, -0.05) is 186 Å². The molecule has 0 fully saturated rings. The lowest BCUT2D eigenvalue weighted by molar-refractivity contribution is -0.131. The smallest absolute Gasteiger partial charge is 0.343 e. The summed E-state index contributed by atoms with van der Waals surface area (Å²) >= 11 is 0. The lowest BCUT2D eigenvalue weighted by atomic mass is 10.00. The van der Waals surface area contributed by atoms with E-state index in [-0.39, 0.29) is 5.57 Å². The van der Waals surface area contributed by atoms with Gasteiger partial charge in [0.2, 0.25) is 0 Å². The molecule has 14 rings (SSSR count). The maximum absolute atomic E-state index is 12.6. The topological polar surface area (TPSA) is 316 Å². The minimum atomic E-state index is -0.570. The zero-order chi connectivity index (χ0) is 100. The van der Waals surface area contributed by atoms with Crippen molar-refractivity contribution in [2.24, 2.45) is 0 Å². The van der Waals surface area contributed by atoms with Crippen molar-refractivity contribution in [3.63, 3.8) is 0 Å². The number of esters is 12. The maximum atomic E-state index is 12.6. The monoisotopic (exact) mass is 1860 g/mol. The summed E-state index contributed by atoms with van der Waals surface area (Å²) in [6.07, 6.45) is 10.3. The summed E-state index contributed by atoms with van der Waals surface area (Å²) in [5.41, 5.74) is 11.3. The van der Waals surface area contributed by atoms with Crippen molar-refractivity contribution in [3.8, 4) is 114 Å². The van der Waals surface area contributed by atoms with Crippen LogP contribution < -0.4 is 56.8 Å². The second-order valence-electron chi connectivity index (χ2n) is 30.2. The summed E-state index contributed by atoms with van der Waals surface area (Å²) in [5, 5.41) is 3.81. The maximum Gasteiger partial charge on any atom is 0.343 e. The fourth-order valence-electron chi connectivity index (χ4n) is 12.2. The number of ether oxygens (including phenoxy) is 12. The first-order valence-electron chi connectivity index (χ1n) is 42.5. The molecule has 0 aliphatic heterocycles. The molecule has 0 atom stereocenters. The summed E-state index contributed by atoms with van der Waals surface area (Å²) in [5.74, 6) is -1.84. The van der Waals surface area contributed by atoms with Crippen molar-refractivity contribution in [1.29, 1.82) is 0 Å². The molecular weight excluding hydrogens is 1780 g/mol. The molecule has 0 aliphatic carbocycles. The normalized spacial score (nSPS) is 10.4. The average Bonchev–Trinajstić information content (AvgIpc) is 0.791. The number of carbonyl (C=O) groups excluding carboxylic acids is 12. The molecule has 0 saturated carbocycles. The number of hydrogen-bond donors (Lipinski definition) is 0. The van der Waals surface area contributed by atoms with E-state index in [9.17, 15) is 57.5 Å². The lowest BCUT2D eigenvalue weighted by Crippen LogP contribution is -2.09. The summed E-state index contributed by atoms with van der Waals surface area (Å²) < 4.78 is 62.2. The molecule has 24 nitrogen and oxygen atoms in total. The summed E-state index contributed by atoms with van der Waals surface area (Å²) in [6, 6.07) is 90.8. The van der Waals surface area contributed by atoms with Crippen molar-refractivity contribution in [3.05, 3.63) is 449 Å². The minimum Gasteiger partial charge on any atom is -0.423 e. The van der Waals surface area contributed by atoms with Crippen molar-refractivity contribution in [1.82, 2.24) is 0 Å². The Morgan fingerprint density at radius 1 is 0.193 bits per heavy atom. The highest BCUT2D eigenvalue weighted by molar-refractivity contribution is 5.98. The van der Waals surface area contributed by atoms with E-state index >= 15 is 0 Å². The van der Waals surface area contributed by atoms with Gasteiger partial charge in [0.15, 0.2) is 0 Å². The molecule has 0 heterocycles. The third kappa shape index (κ3) is 30.9. The van der Waals surface area contributed by atoms with Gasteiger partial charge in [0.1, 0.15) is 69.0 Å². The molecule has 696 valence electrons. The van der Waals surface area contributed by atoms with Gasteiger partial charge in [-0.15, -0.1) is 0 Å². The fourth-order valence-corrected chi connectivity index (χ4v) is 12.2. The highest BCUT2D eigenvalue weighted by Crippen LogP contribution is 2.34. The molecule has 0 aliphatic rings. The predicted molar refractivity (Wildman–Crippen MR) is 533 cm³/mol. The Labute approximate surface area is 805 Å². The van der Waals surface area contributed by atoms with Gasteiger partial charge in [-0.25, -0.2) is 57.5 Å². The minimum absolute atomic E-state index is 0.290. The number of benzene rings is 14. The van der Waals surface area contributed by atoms with Gasteiger partial charge in [-0.2, -0.15) is 0 Å². The number of carbonyl (C=O) groups is 12. The van der Waals surface area contributed by atoms with Crippen LogP contribution in [0, 0.1) is 0 Å². The third-order valence-electron chi connectivity index (χ3n) is 19.5. The van der Waals surface area contributed by atoms with E-state index in [1.165, 1.54) is 84.9 Å². The van der Waals surface area contributed by atoms with Gasteiger partial charge in [0.25, 0.3) is 0 Å². The van der Waals surface area contributed by atoms with Crippen molar-refractivity contribution >= 4 is 105 Å². The van der Waals surface area contributed by atoms with Gasteiger partial charge in [-0.05, 0) is 299 Å². The van der Waals surface area contributed by atoms with E-state index in [1.807, 2.05) is 146 Å². The van der Waals surface area contributed by atoms with E-state index in [1.54, 1.807) is 137 Å². The van der Waals surface area contributed by atoms with Crippen LogP contribution in [-0.2, 0) is 47.9 Å². The van der Waals surface area contributed by atoms with Crippen LogP contribution in [-0.4, -0.2) is 71.6 Å². The first-order valence-corrected chi connectivity index (χ1v) is 42.5. The van der Waals surface area contributed by atoms with Gasteiger partial charge >= 0.3 is 71.6 Å². The van der Waals surface area contributed by atoms with Gasteiger partial charge in [-0.3, -0.25) is 0 Å². The second kappa shape index (κ2) is 49.4. The highest BCUT2D eigenvalue weighted by Gasteiger charge is 2.18. The number of rotatable bonds is 30. The van der Waals surface area contributed by atoms with Crippen LogP contribution in [0.1, 0.15) is 59.5 Å². The van der Waals surface area contributed by atoms with E-state index in [0.29, 0.717) is 96.8 Å². The Kier molecular flexibility index (Phi) is 35.7. The Balaban J connectivity index is 0.000000179. The van der Waals surface area contributed by atoms with Crippen LogP contribution in [0.2, 0.25) is 0 Å². The molecule has 0 N–H and O–H groups in total. The van der Waals surface area contributed by atoms with Crippen molar-refractivity contribution < 1.29 is 114 Å². The van der Waals surface area contributed by atoms with Crippen molar-refractivity contribution in [2.75, 3.05) is 0 Å². The zero-order valence-electron chi connectivity index (χ0n) is 76.1. The first-order chi connectivity index (χ1) is 67.3. The Hall–Kier alpha value is -19.4. The summed E-state index contributed by atoms with van der Waals surface area (Å²) in [7, 11) is 0. The molecule has 0 unspecified atom stereocenters. The SMILES string of the molecule is C=C(C)C(=O)Oc1ccc(OC(=O)/C=C/c2ccc(-c3ccc(OC(=O)C(=C)C)cc3)cc2)cc1.C=C(C)C(=O)Oc1ccc(OC(=O)c2ccc(-c3ccc4cc(OC(=O)C(=C)C)ccc4c3)cc2)cc1.C=CC(=O)Oc1ccc(OC(=O)/C=C/c2ccc(-c3ccc(OC(=O)C=C)cc3)cc2)cc1.C=CC(=O)Oc1ccc(OC(=O)c2ccc(-c3ccc4cc(OC(=O)C=C)ccc4c3)cc2)cc1. The molecule has 0 aromatic heterocycles. The lowest BCUT2D eigenvalue weighted by Gasteiger charge is -2.09. The van der Waals surface area contributed by atoms with Crippen LogP contribution >= 0.6 is 0 Å². The highest BCUT2D eigenvalue weighted by atomic mass is 16.6. The van der Waals surface area contributed by atoms with Gasteiger partial charge < -0.3 is 56.8 Å². The number of fused-ring (bicyclic) bond motifs is 2. The summed E-state index contributed by atoms with van der Waals surface area (Å²) in [4.78, 5) is 141. The van der Waals surface area contributed by atoms with E-state index in [4.69, 9.17) is 56.8 Å². The zero-order valence-corrected chi connectivity index (χ0v) is 76.1. The van der Waals surface area contributed by atoms with Gasteiger partial charge in [0, 0.05) is 58.7 Å². The van der Waals surface area contributed by atoms with E-state index < -0.39 is 71.6 Å². The quantitative estimate of drug-likeness (QED) is 0.0229. The molecular formula is C116H88O24. The largest absolute Gasteiger partial charge is 0.423 e. The first kappa shape index (κ1) is 101. The van der Waals surface area contributed by atoms with Crippen LogP contribution in [0.15, 0.2) is 427 Å². The molecule has 14 aromatic rings. The molecule has 14 aromatic carbocycles. The molecule has 0 saturated heterocycles. The van der Waals surface area contributed by atoms with Crippen LogP contribution in [0.4, 0.5) is 0 Å². The van der Waals surface area contributed by atoms with Crippen LogP contribution in [0.25, 0.3) is 78.2 Å². The Bertz CT molecular complexity index is 7150. The van der Waals surface area contributed by atoms with Crippen molar-refractivity contribution in [2.45, 2.75) is 27.7 Å². The van der Waals surface area contributed by atoms with E-state index in [0.717, 1.165) is 101 Å². The molecule has 0 spiro atoms. The van der Waals surface area contributed by atoms with E-state index in [2.05, 4.69) is 52.6 Å². The van der Waals surface area contributed by atoms with Crippen LogP contribution in [0.5, 0.6) is 69.0 Å². The number of hydrogen-bond acceptors (Lipinski definition) is 24. The standard InChI is InChI=1S/C31H24O6.C29H20O6.C29H24O6.C27H20O6/c1-19(2)29(32)35-26-13-15-27(16-14-26)36-31(34)22-7-5-21(6-8-22)23-9-10-25-18-28(12-11-24(25)17-23)37-30(33)20(3)4;1-3-27(30)33-24-13-15-25(16-14-24)35-29(32)20-7-5-19(6-8-20)21-9-10-23-18-26(34-28(31)4-2)12-11-22(23)17-21;1-19(2)28(31)34-25-12-10-23(11-13-25)22-8-5-21(6-9-22)7-18-27(30)33-24-14-16-26(17-15-24)35-29(32)20(3)4;1-3-25(28)31-22-12-10-21(11-13-22)20-8-5-19(6-9-20)7-18-27(30)33-24-16-14-23(15-17-24)32-26(29)4-2/h5-18H,1,3H2,2,4H3;3-18H,1-2H2;5-18H,1,3H2,2,4H3;3-18H,1-2H2/b;;2*18-7+. The van der Waals surface area contributed by atoms with Gasteiger partial charge in [0.05, 0.1) is 11.1 Å².